The van der Waals surface area contributed by atoms with Crippen molar-refractivity contribution in [3.8, 4) is 0 Å². The summed E-state index contributed by atoms with van der Waals surface area (Å²) in [6.07, 6.45) is 2.79. The number of carbonyl (C=O) groups excluding carboxylic acids is 2. The summed E-state index contributed by atoms with van der Waals surface area (Å²) in [7, 11) is 0. The molecule has 0 unspecified atom stereocenters. The number of anilines is 1. The minimum absolute atomic E-state index is 0.335. The summed E-state index contributed by atoms with van der Waals surface area (Å²) < 4.78 is 4.76. The Morgan fingerprint density at radius 1 is 1.00 bits per heavy atom. The summed E-state index contributed by atoms with van der Waals surface area (Å²) in [5.74, 6) is -0.962. The number of benzene rings is 2. The van der Waals surface area contributed by atoms with Crippen molar-refractivity contribution in [2.45, 2.75) is 6.92 Å². The van der Waals surface area contributed by atoms with Crippen LogP contribution in [0.15, 0.2) is 77.0 Å². The predicted octanol–water partition coefficient (Wildman–Crippen LogP) is 4.16. The molecule has 0 saturated carbocycles. The molecule has 0 atom stereocenters. The van der Waals surface area contributed by atoms with Crippen LogP contribution in [-0.2, 0) is 14.3 Å². The third-order valence-corrected chi connectivity index (χ3v) is 2.84. The summed E-state index contributed by atoms with van der Waals surface area (Å²) in [6, 6.07) is 16.2. The number of amides is 1. The molecular formula is C18H17N3O3. The van der Waals surface area contributed by atoms with Crippen LogP contribution in [0.2, 0.25) is 0 Å². The van der Waals surface area contributed by atoms with Gasteiger partial charge in [-0.2, -0.15) is 10.2 Å². The Morgan fingerprint density at radius 3 is 2.25 bits per heavy atom. The molecule has 6 heteroatoms. The molecule has 0 heterocycles. The van der Waals surface area contributed by atoms with Crippen molar-refractivity contribution in [1.82, 2.24) is 0 Å². The third-order valence-electron chi connectivity index (χ3n) is 2.84. The minimum atomic E-state index is -0.552. The number of nitrogens with one attached hydrogen (secondary N) is 1. The first-order valence-electron chi connectivity index (χ1n) is 7.33. The fourth-order valence-corrected chi connectivity index (χ4v) is 1.74. The molecule has 2 rings (SSSR count). The van der Waals surface area contributed by atoms with Crippen LogP contribution in [-0.4, -0.2) is 18.5 Å². The number of hydrogen-bond donors (Lipinski definition) is 1. The molecule has 0 radical (unpaired) electrons. The second kappa shape index (κ2) is 8.99. The summed E-state index contributed by atoms with van der Waals surface area (Å²) in [5, 5.41) is 10.8. The summed E-state index contributed by atoms with van der Waals surface area (Å²) in [5.41, 5.74) is 2.01. The average Bonchev–Trinajstić information content (AvgIpc) is 2.61. The van der Waals surface area contributed by atoms with Gasteiger partial charge in [-0.3, -0.25) is 4.79 Å². The number of allylic oxidation sites excluding steroid dienone is 1. The lowest BCUT2D eigenvalue weighted by Crippen LogP contribution is -2.20. The van der Waals surface area contributed by atoms with Crippen molar-refractivity contribution < 1.29 is 14.3 Å². The number of carbonyl (C=O) groups is 2. The number of ether oxygens (including phenoxy) is 1. The minimum Gasteiger partial charge on any atom is -0.452 e. The molecule has 0 aliphatic rings. The second-order valence-electron chi connectivity index (χ2n) is 4.74. The quantitative estimate of drug-likeness (QED) is 0.492. The number of nitrogens with zero attached hydrogens (tertiary/aromatic N) is 2. The average molecular weight is 323 g/mol. The Labute approximate surface area is 139 Å². The molecule has 0 aliphatic heterocycles. The molecule has 0 aromatic heterocycles. The number of azo groups is 1. The van der Waals surface area contributed by atoms with Gasteiger partial charge >= 0.3 is 5.97 Å². The summed E-state index contributed by atoms with van der Waals surface area (Å²) in [4.78, 5) is 22.8. The molecular weight excluding hydrogens is 306 g/mol. The topological polar surface area (TPSA) is 80.1 Å². The zero-order valence-electron chi connectivity index (χ0n) is 13.2. The molecule has 0 fully saturated rings. The zero-order chi connectivity index (χ0) is 17.2. The Bertz CT molecular complexity index is 738. The fourth-order valence-electron chi connectivity index (χ4n) is 1.74. The second-order valence-corrected chi connectivity index (χ2v) is 4.74. The molecule has 6 nitrogen and oxygen atoms in total. The Hall–Kier alpha value is -3.28. The van der Waals surface area contributed by atoms with E-state index in [1.54, 1.807) is 37.3 Å². The lowest BCUT2D eigenvalue weighted by atomic mass is 10.3. The van der Waals surface area contributed by atoms with E-state index in [4.69, 9.17) is 4.74 Å². The van der Waals surface area contributed by atoms with Crippen molar-refractivity contribution >= 4 is 28.9 Å². The van der Waals surface area contributed by atoms with Gasteiger partial charge in [0, 0.05) is 11.8 Å². The molecule has 2 aromatic rings. The van der Waals surface area contributed by atoms with Gasteiger partial charge in [0.1, 0.15) is 0 Å². The van der Waals surface area contributed by atoms with Gasteiger partial charge in [-0.25, -0.2) is 4.79 Å². The summed E-state index contributed by atoms with van der Waals surface area (Å²) in [6.45, 7) is 1.36. The van der Waals surface area contributed by atoms with Gasteiger partial charge in [0.15, 0.2) is 6.61 Å². The Kier molecular flexibility index (Phi) is 6.40. The van der Waals surface area contributed by atoms with E-state index in [0.29, 0.717) is 11.4 Å². The monoisotopic (exact) mass is 323 g/mol. The van der Waals surface area contributed by atoms with Crippen LogP contribution in [0.3, 0.4) is 0 Å². The van der Waals surface area contributed by atoms with E-state index in [1.807, 2.05) is 30.3 Å². The van der Waals surface area contributed by atoms with Crippen molar-refractivity contribution in [3.05, 3.63) is 66.7 Å². The van der Waals surface area contributed by atoms with E-state index in [2.05, 4.69) is 15.5 Å². The van der Waals surface area contributed by atoms with Gasteiger partial charge in [-0.05, 0) is 43.3 Å². The first-order valence-corrected chi connectivity index (χ1v) is 7.33. The van der Waals surface area contributed by atoms with Gasteiger partial charge in [0.05, 0.1) is 11.4 Å². The lowest BCUT2D eigenvalue weighted by molar-refractivity contribution is -0.142. The normalized spacial score (nSPS) is 10.9. The smallest absolute Gasteiger partial charge is 0.330 e. The van der Waals surface area contributed by atoms with Gasteiger partial charge < -0.3 is 10.1 Å². The first-order chi connectivity index (χ1) is 11.7. The summed E-state index contributed by atoms with van der Waals surface area (Å²) >= 11 is 0. The molecule has 24 heavy (non-hydrogen) atoms. The SMILES string of the molecule is C/C=C/C(=O)OCC(=O)Nc1ccc(N=Nc2ccccc2)cc1. The van der Waals surface area contributed by atoms with Crippen LogP contribution in [0.5, 0.6) is 0 Å². The van der Waals surface area contributed by atoms with Gasteiger partial charge in [0.25, 0.3) is 5.91 Å². The maximum Gasteiger partial charge on any atom is 0.330 e. The van der Waals surface area contributed by atoms with Crippen LogP contribution < -0.4 is 5.32 Å². The molecule has 1 N–H and O–H groups in total. The van der Waals surface area contributed by atoms with Crippen LogP contribution in [0.25, 0.3) is 0 Å². The number of hydrogen-bond acceptors (Lipinski definition) is 5. The van der Waals surface area contributed by atoms with E-state index in [-0.39, 0.29) is 6.61 Å². The maximum atomic E-state index is 11.7. The van der Waals surface area contributed by atoms with Crippen LogP contribution in [0, 0.1) is 0 Å². The van der Waals surface area contributed by atoms with Crippen molar-refractivity contribution in [3.63, 3.8) is 0 Å². The van der Waals surface area contributed by atoms with E-state index in [0.717, 1.165) is 5.69 Å². The van der Waals surface area contributed by atoms with E-state index < -0.39 is 11.9 Å². The van der Waals surface area contributed by atoms with E-state index in [9.17, 15) is 9.59 Å². The van der Waals surface area contributed by atoms with E-state index in [1.165, 1.54) is 6.08 Å². The van der Waals surface area contributed by atoms with Crippen LogP contribution in [0.1, 0.15) is 6.92 Å². The van der Waals surface area contributed by atoms with Crippen molar-refractivity contribution in [2.24, 2.45) is 10.2 Å². The Morgan fingerprint density at radius 2 is 1.62 bits per heavy atom. The number of rotatable bonds is 6. The van der Waals surface area contributed by atoms with Crippen molar-refractivity contribution in [2.75, 3.05) is 11.9 Å². The molecule has 0 saturated heterocycles. The fraction of sp³-hybridized carbons (Fsp3) is 0.111. The highest BCUT2D eigenvalue weighted by atomic mass is 16.5. The highest BCUT2D eigenvalue weighted by molar-refractivity contribution is 5.93. The molecule has 0 spiro atoms. The van der Waals surface area contributed by atoms with Gasteiger partial charge in [0.2, 0.25) is 0 Å². The third kappa shape index (κ3) is 5.84. The molecule has 0 aliphatic carbocycles. The first kappa shape index (κ1) is 17.1. The molecule has 2 aromatic carbocycles. The predicted molar refractivity (Wildman–Crippen MR) is 91.5 cm³/mol. The molecule has 1 amide bonds. The molecule has 122 valence electrons. The van der Waals surface area contributed by atoms with E-state index >= 15 is 0 Å². The number of esters is 1. The van der Waals surface area contributed by atoms with Crippen molar-refractivity contribution in [1.29, 1.82) is 0 Å². The standard InChI is InChI=1S/C18H17N3O3/c1-2-6-18(23)24-13-17(22)19-14-9-11-16(12-10-14)21-20-15-7-4-3-5-8-15/h2-12H,13H2,1H3,(H,19,22)/b6-2+,21-20?. The Balaban J connectivity index is 1.86. The molecule has 0 bridgehead atoms. The largest absolute Gasteiger partial charge is 0.452 e. The highest BCUT2D eigenvalue weighted by Gasteiger charge is 2.05. The lowest BCUT2D eigenvalue weighted by Gasteiger charge is -2.05. The maximum absolute atomic E-state index is 11.7. The van der Waals surface area contributed by atoms with Crippen LogP contribution >= 0.6 is 0 Å². The van der Waals surface area contributed by atoms with Crippen LogP contribution in [0.4, 0.5) is 17.1 Å². The van der Waals surface area contributed by atoms with Gasteiger partial charge in [-0.1, -0.05) is 24.3 Å². The van der Waals surface area contributed by atoms with Gasteiger partial charge in [-0.15, -0.1) is 0 Å². The highest BCUT2D eigenvalue weighted by Crippen LogP contribution is 2.19. The zero-order valence-corrected chi connectivity index (χ0v) is 13.2.